The molecule has 1 aromatic heterocycles. The number of rotatable bonds is 1. The summed E-state index contributed by atoms with van der Waals surface area (Å²) in [5.74, 6) is -1.59. The Morgan fingerprint density at radius 3 is 3.00 bits per heavy atom. The molecule has 0 aliphatic rings. The summed E-state index contributed by atoms with van der Waals surface area (Å²) >= 11 is 0. The summed E-state index contributed by atoms with van der Waals surface area (Å²) in [6.45, 7) is 0. The van der Waals surface area contributed by atoms with Gasteiger partial charge in [0.15, 0.2) is 5.58 Å². The first-order valence-electron chi connectivity index (χ1n) is 3.74. The van der Waals surface area contributed by atoms with E-state index in [1.807, 2.05) is 6.07 Å². The zero-order valence-electron chi connectivity index (χ0n) is 6.89. The lowest BCUT2D eigenvalue weighted by molar-refractivity contribution is 0.0656. The van der Waals surface area contributed by atoms with Crippen LogP contribution in [0.4, 0.5) is 0 Å². The maximum Gasteiger partial charge on any atom is 0.392 e. The predicted octanol–water partition coefficient (Wildman–Crippen LogP) is 1.40. The number of hydrogen-bond acceptors (Lipinski definition) is 4. The first-order chi connectivity index (χ1) is 6.70. The second-order valence-corrected chi connectivity index (χ2v) is 2.62. The zero-order valence-corrected chi connectivity index (χ0v) is 6.89. The van der Waals surface area contributed by atoms with Crippen LogP contribution in [0.2, 0.25) is 0 Å². The molecule has 0 fully saturated rings. The number of oxazole rings is 1. The molecular weight excluding hydrogens is 184 g/mol. The molecule has 0 spiro atoms. The van der Waals surface area contributed by atoms with E-state index < -0.39 is 5.97 Å². The first kappa shape index (κ1) is 8.26. The maximum absolute atomic E-state index is 10.5. The fourth-order valence-electron chi connectivity index (χ4n) is 1.09. The highest BCUT2D eigenvalue weighted by molar-refractivity contribution is 5.86. The van der Waals surface area contributed by atoms with Gasteiger partial charge in [-0.3, -0.25) is 0 Å². The number of fused-ring (bicyclic) bond motifs is 1. The van der Waals surface area contributed by atoms with Gasteiger partial charge < -0.3 is 9.52 Å². The normalized spacial score (nSPS) is 9.93. The molecule has 0 saturated heterocycles. The van der Waals surface area contributed by atoms with E-state index in [0.29, 0.717) is 16.7 Å². The van der Waals surface area contributed by atoms with Crippen LogP contribution in [0.5, 0.6) is 0 Å². The van der Waals surface area contributed by atoms with E-state index in [2.05, 4.69) is 4.98 Å². The Kier molecular flexibility index (Phi) is 1.68. The monoisotopic (exact) mass is 188 g/mol. The lowest BCUT2D eigenvalue weighted by Gasteiger charge is -1.85. The molecule has 0 unspecified atom stereocenters. The lowest BCUT2D eigenvalue weighted by Crippen LogP contribution is -1.94. The van der Waals surface area contributed by atoms with Crippen molar-refractivity contribution in [1.29, 1.82) is 5.26 Å². The van der Waals surface area contributed by atoms with Crippen molar-refractivity contribution in [2.45, 2.75) is 0 Å². The number of nitriles is 1. The van der Waals surface area contributed by atoms with Gasteiger partial charge in [-0.25, -0.2) is 9.78 Å². The van der Waals surface area contributed by atoms with Crippen LogP contribution < -0.4 is 0 Å². The van der Waals surface area contributed by atoms with Gasteiger partial charge in [-0.15, -0.1) is 0 Å². The standard InChI is InChI=1S/C9H4N2O3/c10-4-5-1-2-7-6(3-5)11-8(14-7)9(12)13/h1-3H,(H,12,13). The van der Waals surface area contributed by atoms with Gasteiger partial charge in [0.2, 0.25) is 0 Å². The van der Waals surface area contributed by atoms with Crippen molar-refractivity contribution in [1.82, 2.24) is 4.98 Å². The molecule has 1 heterocycles. The molecule has 0 radical (unpaired) electrons. The largest absolute Gasteiger partial charge is 0.474 e. The Labute approximate surface area is 78.2 Å². The molecule has 68 valence electrons. The number of aromatic nitrogens is 1. The second-order valence-electron chi connectivity index (χ2n) is 2.62. The molecular formula is C9H4N2O3. The number of benzene rings is 1. The highest BCUT2D eigenvalue weighted by Gasteiger charge is 2.12. The van der Waals surface area contributed by atoms with Crippen molar-refractivity contribution in [3.8, 4) is 6.07 Å². The molecule has 5 nitrogen and oxygen atoms in total. The summed E-state index contributed by atoms with van der Waals surface area (Å²) < 4.78 is 4.91. The van der Waals surface area contributed by atoms with E-state index in [4.69, 9.17) is 14.8 Å². The van der Waals surface area contributed by atoms with Crippen molar-refractivity contribution < 1.29 is 14.3 Å². The van der Waals surface area contributed by atoms with E-state index in [1.54, 1.807) is 6.07 Å². The highest BCUT2D eigenvalue weighted by atomic mass is 16.4. The zero-order chi connectivity index (χ0) is 10.1. The smallest absolute Gasteiger partial charge is 0.392 e. The second kappa shape index (κ2) is 2.85. The van der Waals surface area contributed by atoms with Crippen molar-refractivity contribution in [2.24, 2.45) is 0 Å². The average molecular weight is 188 g/mol. The quantitative estimate of drug-likeness (QED) is 0.730. The Bertz CT molecular complexity index is 551. The van der Waals surface area contributed by atoms with Gasteiger partial charge in [0.1, 0.15) is 5.52 Å². The third kappa shape index (κ3) is 1.19. The Morgan fingerprint density at radius 1 is 1.57 bits per heavy atom. The van der Waals surface area contributed by atoms with Crippen LogP contribution in [0.3, 0.4) is 0 Å². The molecule has 2 aromatic rings. The molecule has 0 aliphatic heterocycles. The van der Waals surface area contributed by atoms with Crippen molar-refractivity contribution in [2.75, 3.05) is 0 Å². The minimum Gasteiger partial charge on any atom is -0.474 e. The van der Waals surface area contributed by atoms with Gasteiger partial charge in [-0.2, -0.15) is 5.26 Å². The molecule has 1 aromatic carbocycles. The van der Waals surface area contributed by atoms with Crippen LogP contribution in [-0.2, 0) is 0 Å². The topological polar surface area (TPSA) is 87.1 Å². The SMILES string of the molecule is N#Cc1ccc2oc(C(=O)O)nc2c1. The van der Waals surface area contributed by atoms with E-state index in [1.165, 1.54) is 12.1 Å². The fourth-order valence-corrected chi connectivity index (χ4v) is 1.09. The molecule has 1 N–H and O–H groups in total. The summed E-state index contributed by atoms with van der Waals surface area (Å²) in [5, 5.41) is 17.2. The van der Waals surface area contributed by atoms with Gasteiger partial charge >= 0.3 is 11.9 Å². The molecule has 0 bridgehead atoms. The van der Waals surface area contributed by atoms with E-state index in [0.717, 1.165) is 0 Å². The third-order valence-electron chi connectivity index (χ3n) is 1.70. The number of aromatic carboxylic acids is 1. The van der Waals surface area contributed by atoms with E-state index >= 15 is 0 Å². The summed E-state index contributed by atoms with van der Waals surface area (Å²) in [7, 11) is 0. The highest BCUT2D eigenvalue weighted by Crippen LogP contribution is 2.16. The average Bonchev–Trinajstić information content (AvgIpc) is 2.59. The van der Waals surface area contributed by atoms with Crippen LogP contribution in [0.1, 0.15) is 16.2 Å². The van der Waals surface area contributed by atoms with Crippen LogP contribution in [-0.4, -0.2) is 16.1 Å². The molecule has 14 heavy (non-hydrogen) atoms. The molecule has 0 saturated carbocycles. The van der Waals surface area contributed by atoms with Gasteiger partial charge in [0.25, 0.3) is 0 Å². The van der Waals surface area contributed by atoms with Crippen molar-refractivity contribution in [3.05, 3.63) is 29.7 Å². The minimum atomic E-state index is -1.22. The van der Waals surface area contributed by atoms with Gasteiger partial charge in [0, 0.05) is 0 Å². The van der Waals surface area contributed by atoms with Crippen LogP contribution in [0.25, 0.3) is 11.1 Å². The Hall–Kier alpha value is -2.35. The first-order valence-corrected chi connectivity index (χ1v) is 3.74. The van der Waals surface area contributed by atoms with E-state index in [-0.39, 0.29) is 5.89 Å². The summed E-state index contributed by atoms with van der Waals surface area (Å²) in [4.78, 5) is 14.2. The van der Waals surface area contributed by atoms with Crippen LogP contribution in [0.15, 0.2) is 22.6 Å². The number of carboxylic acids is 1. The van der Waals surface area contributed by atoms with Crippen LogP contribution in [0, 0.1) is 11.3 Å². The van der Waals surface area contributed by atoms with E-state index in [9.17, 15) is 4.79 Å². The maximum atomic E-state index is 10.5. The Morgan fingerprint density at radius 2 is 2.36 bits per heavy atom. The predicted molar refractivity (Wildman–Crippen MR) is 45.7 cm³/mol. The van der Waals surface area contributed by atoms with Crippen molar-refractivity contribution in [3.63, 3.8) is 0 Å². The minimum absolute atomic E-state index is 0.362. The summed E-state index contributed by atoms with van der Waals surface area (Å²) in [5.41, 5.74) is 1.16. The molecule has 2 rings (SSSR count). The summed E-state index contributed by atoms with van der Waals surface area (Å²) in [6, 6.07) is 6.47. The van der Waals surface area contributed by atoms with Gasteiger partial charge in [-0.1, -0.05) is 0 Å². The Balaban J connectivity index is 2.67. The number of carbonyl (C=O) groups is 1. The number of carboxylic acid groups (broad SMARTS) is 1. The van der Waals surface area contributed by atoms with Crippen LogP contribution >= 0.6 is 0 Å². The summed E-state index contributed by atoms with van der Waals surface area (Å²) in [6.07, 6.45) is 0. The molecule has 0 atom stereocenters. The molecule has 0 amide bonds. The molecule has 0 aliphatic carbocycles. The van der Waals surface area contributed by atoms with Crippen molar-refractivity contribution >= 4 is 17.1 Å². The lowest BCUT2D eigenvalue weighted by atomic mass is 10.2. The number of nitrogens with zero attached hydrogens (tertiary/aromatic N) is 2. The fraction of sp³-hybridized carbons (Fsp3) is 0. The van der Waals surface area contributed by atoms with Gasteiger partial charge in [0.05, 0.1) is 11.6 Å². The number of hydrogen-bond donors (Lipinski definition) is 1. The van der Waals surface area contributed by atoms with Gasteiger partial charge in [-0.05, 0) is 18.2 Å². The molecule has 5 heteroatoms. The third-order valence-corrected chi connectivity index (χ3v) is 1.70.